The topological polar surface area (TPSA) is 132 Å². The van der Waals surface area contributed by atoms with Gasteiger partial charge in [-0.2, -0.15) is 4.31 Å². The van der Waals surface area contributed by atoms with Crippen molar-refractivity contribution in [1.29, 1.82) is 0 Å². The summed E-state index contributed by atoms with van der Waals surface area (Å²) >= 11 is 0. The highest BCUT2D eigenvalue weighted by Crippen LogP contribution is 2.23. The third-order valence-electron chi connectivity index (χ3n) is 5.33. The number of hydrogen-bond acceptors (Lipinski definition) is 5. The number of hydrogen-bond donors (Lipinski definition) is 2. The maximum Gasteiger partial charge on any atom is 0.414 e. The monoisotopic (exact) mass is 484 g/mol. The highest BCUT2D eigenvalue weighted by Gasteiger charge is 2.30. The average molecular weight is 485 g/mol. The van der Waals surface area contributed by atoms with E-state index in [1.54, 1.807) is 17.0 Å². The van der Waals surface area contributed by atoms with Gasteiger partial charge in [-0.15, -0.1) is 0 Å². The third kappa shape index (κ3) is 6.18. The summed E-state index contributed by atoms with van der Waals surface area (Å²) in [4.78, 5) is 32.7. The molecule has 1 saturated heterocycles. The zero-order valence-electron chi connectivity index (χ0n) is 18.2. The standard InChI is InChI=1S/C22H22N2O3S.C2H2O4/c25-22(16-18-6-2-1-3-7-18)23-12-14-24(15-13-23)28(26,27)21-11-10-19-8-4-5-9-20(19)17-21;3-1(4)2(5)6/h1-11,17H,12-16H2;(H,3,4)(H,5,6). The van der Waals surface area contributed by atoms with Crippen LogP contribution in [0.2, 0.25) is 0 Å². The molecule has 1 fully saturated rings. The van der Waals surface area contributed by atoms with Gasteiger partial charge in [-0.05, 0) is 28.5 Å². The van der Waals surface area contributed by atoms with Crippen molar-refractivity contribution in [2.75, 3.05) is 26.2 Å². The largest absolute Gasteiger partial charge is 0.473 e. The van der Waals surface area contributed by atoms with Crippen LogP contribution in [0, 0.1) is 0 Å². The van der Waals surface area contributed by atoms with Gasteiger partial charge in [-0.3, -0.25) is 4.79 Å². The molecule has 0 aliphatic carbocycles. The Morgan fingerprint density at radius 2 is 1.29 bits per heavy atom. The number of fused-ring (bicyclic) bond motifs is 1. The minimum Gasteiger partial charge on any atom is -0.473 e. The van der Waals surface area contributed by atoms with Crippen molar-refractivity contribution in [1.82, 2.24) is 9.21 Å². The van der Waals surface area contributed by atoms with E-state index in [0.29, 0.717) is 37.5 Å². The first-order chi connectivity index (χ1) is 16.2. The molecule has 0 spiro atoms. The first-order valence-electron chi connectivity index (χ1n) is 10.5. The number of carbonyl (C=O) groups excluding carboxylic acids is 1. The Balaban J connectivity index is 0.000000481. The van der Waals surface area contributed by atoms with Gasteiger partial charge in [0.15, 0.2) is 0 Å². The van der Waals surface area contributed by atoms with Crippen LogP contribution in [-0.4, -0.2) is 71.9 Å². The van der Waals surface area contributed by atoms with Crippen LogP contribution in [0.15, 0.2) is 77.7 Å². The molecular formula is C24H24N2O7S. The molecule has 10 heteroatoms. The van der Waals surface area contributed by atoms with Gasteiger partial charge in [-0.25, -0.2) is 18.0 Å². The Morgan fingerprint density at radius 1 is 0.735 bits per heavy atom. The fourth-order valence-electron chi connectivity index (χ4n) is 3.54. The molecule has 3 aromatic rings. The van der Waals surface area contributed by atoms with Crippen LogP contribution >= 0.6 is 0 Å². The zero-order valence-corrected chi connectivity index (χ0v) is 19.0. The van der Waals surface area contributed by atoms with Crippen molar-refractivity contribution in [3.8, 4) is 0 Å². The summed E-state index contributed by atoms with van der Waals surface area (Å²) in [5, 5.41) is 16.7. The first kappa shape index (κ1) is 24.9. The molecule has 3 aromatic carbocycles. The molecule has 1 heterocycles. The van der Waals surface area contributed by atoms with Crippen molar-refractivity contribution >= 4 is 38.6 Å². The highest BCUT2D eigenvalue weighted by atomic mass is 32.2. The van der Waals surface area contributed by atoms with E-state index in [1.165, 1.54) is 4.31 Å². The van der Waals surface area contributed by atoms with E-state index >= 15 is 0 Å². The van der Waals surface area contributed by atoms with Gasteiger partial charge in [-0.1, -0.05) is 60.7 Å². The van der Waals surface area contributed by atoms with Gasteiger partial charge < -0.3 is 15.1 Å². The number of carboxylic acids is 2. The van der Waals surface area contributed by atoms with Crippen molar-refractivity contribution in [3.05, 3.63) is 78.4 Å². The van der Waals surface area contributed by atoms with Crippen LogP contribution in [0.3, 0.4) is 0 Å². The van der Waals surface area contributed by atoms with Crippen LogP contribution in [0.25, 0.3) is 10.8 Å². The molecule has 34 heavy (non-hydrogen) atoms. The second-order valence-corrected chi connectivity index (χ2v) is 9.50. The molecule has 0 radical (unpaired) electrons. The Kier molecular flexibility index (Phi) is 7.98. The SMILES string of the molecule is O=C(Cc1ccccc1)N1CCN(S(=O)(=O)c2ccc3ccccc3c2)CC1.O=C(O)C(=O)O. The van der Waals surface area contributed by atoms with E-state index < -0.39 is 22.0 Å². The summed E-state index contributed by atoms with van der Waals surface area (Å²) in [6.45, 7) is 1.46. The summed E-state index contributed by atoms with van der Waals surface area (Å²) in [6, 6.07) is 22.5. The van der Waals surface area contributed by atoms with Gasteiger partial charge in [0.2, 0.25) is 15.9 Å². The lowest BCUT2D eigenvalue weighted by Crippen LogP contribution is -2.50. The zero-order chi connectivity index (χ0) is 24.7. The van der Waals surface area contributed by atoms with Crippen LogP contribution in [0.5, 0.6) is 0 Å². The van der Waals surface area contributed by atoms with Gasteiger partial charge in [0, 0.05) is 26.2 Å². The molecule has 1 amide bonds. The molecule has 0 saturated carbocycles. The van der Waals surface area contributed by atoms with Crippen LogP contribution in [0.1, 0.15) is 5.56 Å². The lowest BCUT2D eigenvalue weighted by Gasteiger charge is -2.34. The van der Waals surface area contributed by atoms with E-state index in [9.17, 15) is 13.2 Å². The fourth-order valence-corrected chi connectivity index (χ4v) is 5.00. The van der Waals surface area contributed by atoms with Crippen LogP contribution in [0.4, 0.5) is 0 Å². The molecule has 1 aliphatic rings. The molecule has 9 nitrogen and oxygen atoms in total. The third-order valence-corrected chi connectivity index (χ3v) is 7.23. The van der Waals surface area contributed by atoms with E-state index in [2.05, 4.69) is 0 Å². The molecule has 0 unspecified atom stereocenters. The lowest BCUT2D eigenvalue weighted by atomic mass is 10.1. The molecule has 4 rings (SSSR count). The number of aliphatic carboxylic acids is 2. The highest BCUT2D eigenvalue weighted by molar-refractivity contribution is 7.89. The van der Waals surface area contributed by atoms with Crippen LogP contribution in [-0.2, 0) is 30.8 Å². The fraction of sp³-hybridized carbons (Fsp3) is 0.208. The Morgan fingerprint density at radius 3 is 1.88 bits per heavy atom. The normalized spacial score (nSPS) is 14.2. The number of piperazine rings is 1. The Hall–Kier alpha value is -3.76. The van der Waals surface area contributed by atoms with E-state index in [4.69, 9.17) is 19.8 Å². The lowest BCUT2D eigenvalue weighted by molar-refractivity contribution is -0.159. The minimum absolute atomic E-state index is 0.0361. The average Bonchev–Trinajstić information content (AvgIpc) is 2.84. The number of carboxylic acid groups (broad SMARTS) is 2. The molecule has 0 bridgehead atoms. The first-order valence-corrected chi connectivity index (χ1v) is 11.9. The summed E-state index contributed by atoms with van der Waals surface area (Å²) in [6.07, 6.45) is 0.346. The summed E-state index contributed by atoms with van der Waals surface area (Å²) in [7, 11) is -3.57. The summed E-state index contributed by atoms with van der Waals surface area (Å²) in [5.74, 6) is -3.61. The molecular weight excluding hydrogens is 460 g/mol. The van der Waals surface area contributed by atoms with Gasteiger partial charge in [0.1, 0.15) is 0 Å². The van der Waals surface area contributed by atoms with Crippen molar-refractivity contribution in [3.63, 3.8) is 0 Å². The second kappa shape index (κ2) is 10.9. The molecule has 178 valence electrons. The van der Waals surface area contributed by atoms with E-state index in [-0.39, 0.29) is 5.91 Å². The summed E-state index contributed by atoms with van der Waals surface area (Å²) in [5.41, 5.74) is 0.971. The number of carbonyl (C=O) groups is 3. The number of nitrogens with zero attached hydrogens (tertiary/aromatic N) is 2. The number of rotatable bonds is 4. The minimum atomic E-state index is -3.57. The predicted molar refractivity (Wildman–Crippen MR) is 125 cm³/mol. The van der Waals surface area contributed by atoms with Crippen molar-refractivity contribution in [2.45, 2.75) is 11.3 Å². The molecule has 0 aromatic heterocycles. The molecule has 1 aliphatic heterocycles. The number of benzene rings is 3. The van der Waals surface area contributed by atoms with Crippen molar-refractivity contribution < 1.29 is 33.0 Å². The molecule has 2 N–H and O–H groups in total. The maximum atomic E-state index is 13.0. The van der Waals surface area contributed by atoms with E-state index in [1.807, 2.05) is 60.7 Å². The number of amides is 1. The predicted octanol–water partition coefficient (Wildman–Crippen LogP) is 2.07. The van der Waals surface area contributed by atoms with Crippen LogP contribution < -0.4 is 0 Å². The second-order valence-electron chi connectivity index (χ2n) is 7.57. The van der Waals surface area contributed by atoms with Gasteiger partial charge in [0.05, 0.1) is 11.3 Å². The Bertz CT molecular complexity index is 1270. The van der Waals surface area contributed by atoms with Crippen molar-refractivity contribution in [2.24, 2.45) is 0 Å². The van der Waals surface area contributed by atoms with E-state index in [0.717, 1.165) is 16.3 Å². The number of sulfonamides is 1. The molecule has 0 atom stereocenters. The maximum absolute atomic E-state index is 13.0. The Labute approximate surface area is 196 Å². The van der Waals surface area contributed by atoms with Gasteiger partial charge in [0.25, 0.3) is 0 Å². The smallest absolute Gasteiger partial charge is 0.414 e. The summed E-state index contributed by atoms with van der Waals surface area (Å²) < 4.78 is 27.5. The quantitative estimate of drug-likeness (QED) is 0.542. The van der Waals surface area contributed by atoms with Gasteiger partial charge >= 0.3 is 11.9 Å².